The molecule has 21 heavy (non-hydrogen) atoms. The monoisotopic (exact) mass is 301 g/mol. The topological polar surface area (TPSA) is 47.7 Å². The number of nitrogens with zero attached hydrogens (tertiary/aromatic N) is 4. The molecule has 0 saturated heterocycles. The highest BCUT2D eigenvalue weighted by atomic mass is 19.4. The lowest BCUT2D eigenvalue weighted by atomic mass is 10.2. The summed E-state index contributed by atoms with van der Waals surface area (Å²) in [5, 5.41) is 10.9. The van der Waals surface area contributed by atoms with Crippen LogP contribution in [0.5, 0.6) is 0 Å². The van der Waals surface area contributed by atoms with Crippen molar-refractivity contribution in [3.63, 3.8) is 0 Å². The second-order valence-electron chi connectivity index (χ2n) is 4.85. The van der Waals surface area contributed by atoms with E-state index in [1.807, 2.05) is 20.2 Å². The number of aryl methyl sites for hydroxylation is 3. The van der Waals surface area contributed by atoms with Gasteiger partial charge in [-0.15, -0.1) is 0 Å². The Morgan fingerprint density at radius 2 is 1.95 bits per heavy atom. The fourth-order valence-corrected chi connectivity index (χ4v) is 2.16. The number of alkyl halides is 3. The van der Waals surface area contributed by atoms with Gasteiger partial charge in [0.15, 0.2) is 5.69 Å². The first-order chi connectivity index (χ1) is 9.81. The Bertz CT molecular complexity index is 612. The molecule has 2 aromatic rings. The molecule has 0 atom stereocenters. The lowest BCUT2D eigenvalue weighted by Crippen LogP contribution is -2.16. The van der Waals surface area contributed by atoms with Crippen molar-refractivity contribution in [3.05, 3.63) is 34.9 Å². The average Bonchev–Trinajstić information content (AvgIpc) is 2.93. The standard InChI is InChI=1S/C13H18F3N5/c1-4-21-11(5-12(19-21)13(14,15)16)7-17-6-10-8-20(3)18-9(10)2/h5,8,17H,4,6-7H2,1-3H3. The third-order valence-corrected chi connectivity index (χ3v) is 3.19. The summed E-state index contributed by atoms with van der Waals surface area (Å²) in [5.74, 6) is 0. The number of rotatable bonds is 5. The van der Waals surface area contributed by atoms with Gasteiger partial charge >= 0.3 is 6.18 Å². The molecule has 0 bridgehead atoms. The third kappa shape index (κ3) is 3.63. The number of hydrogen-bond acceptors (Lipinski definition) is 3. The van der Waals surface area contributed by atoms with Crippen LogP contribution < -0.4 is 5.32 Å². The molecule has 0 unspecified atom stereocenters. The van der Waals surface area contributed by atoms with E-state index < -0.39 is 11.9 Å². The van der Waals surface area contributed by atoms with Gasteiger partial charge in [-0.05, 0) is 19.9 Å². The van der Waals surface area contributed by atoms with Gasteiger partial charge in [0.2, 0.25) is 0 Å². The van der Waals surface area contributed by atoms with Crippen LogP contribution in [0.25, 0.3) is 0 Å². The van der Waals surface area contributed by atoms with Crippen LogP contribution in [0.3, 0.4) is 0 Å². The van der Waals surface area contributed by atoms with Crippen LogP contribution in [-0.4, -0.2) is 19.6 Å². The zero-order valence-corrected chi connectivity index (χ0v) is 12.2. The van der Waals surface area contributed by atoms with E-state index in [4.69, 9.17) is 0 Å². The zero-order chi connectivity index (χ0) is 15.6. The Morgan fingerprint density at radius 1 is 1.24 bits per heavy atom. The molecule has 2 heterocycles. The summed E-state index contributed by atoms with van der Waals surface area (Å²) < 4.78 is 41.0. The van der Waals surface area contributed by atoms with Crippen molar-refractivity contribution in [2.24, 2.45) is 7.05 Å². The predicted molar refractivity (Wildman–Crippen MR) is 71.4 cm³/mol. The van der Waals surface area contributed by atoms with Crippen molar-refractivity contribution in [1.82, 2.24) is 24.9 Å². The average molecular weight is 301 g/mol. The molecular formula is C13H18F3N5. The van der Waals surface area contributed by atoms with Gasteiger partial charge in [-0.3, -0.25) is 9.36 Å². The Morgan fingerprint density at radius 3 is 2.48 bits per heavy atom. The van der Waals surface area contributed by atoms with Gasteiger partial charge in [-0.1, -0.05) is 0 Å². The molecule has 2 aromatic heterocycles. The summed E-state index contributed by atoms with van der Waals surface area (Å²) >= 11 is 0. The van der Waals surface area contributed by atoms with E-state index in [9.17, 15) is 13.2 Å². The lowest BCUT2D eigenvalue weighted by molar-refractivity contribution is -0.141. The molecule has 0 spiro atoms. The Balaban J connectivity index is 2.03. The van der Waals surface area contributed by atoms with Gasteiger partial charge in [0.25, 0.3) is 0 Å². The molecule has 0 aromatic carbocycles. The molecule has 8 heteroatoms. The van der Waals surface area contributed by atoms with Gasteiger partial charge in [0, 0.05) is 38.4 Å². The molecule has 0 saturated carbocycles. The minimum absolute atomic E-state index is 0.325. The van der Waals surface area contributed by atoms with Gasteiger partial charge in [-0.2, -0.15) is 23.4 Å². The third-order valence-electron chi connectivity index (χ3n) is 3.19. The van der Waals surface area contributed by atoms with Gasteiger partial charge in [-0.25, -0.2) is 0 Å². The quantitative estimate of drug-likeness (QED) is 0.921. The molecule has 5 nitrogen and oxygen atoms in total. The molecule has 0 aliphatic rings. The van der Waals surface area contributed by atoms with Crippen molar-refractivity contribution >= 4 is 0 Å². The molecule has 0 aliphatic carbocycles. The van der Waals surface area contributed by atoms with E-state index in [0.717, 1.165) is 17.3 Å². The molecule has 1 N–H and O–H groups in total. The molecule has 2 rings (SSSR count). The van der Waals surface area contributed by atoms with Gasteiger partial charge < -0.3 is 5.32 Å². The molecule has 0 fully saturated rings. The van der Waals surface area contributed by atoms with Crippen molar-refractivity contribution in [1.29, 1.82) is 0 Å². The fraction of sp³-hybridized carbons (Fsp3) is 0.538. The normalized spacial score (nSPS) is 12.1. The number of nitrogens with one attached hydrogen (secondary N) is 1. The van der Waals surface area contributed by atoms with E-state index in [1.54, 1.807) is 11.6 Å². The Labute approximate surface area is 120 Å². The highest BCUT2D eigenvalue weighted by Gasteiger charge is 2.34. The second kappa shape index (κ2) is 5.88. The van der Waals surface area contributed by atoms with E-state index in [0.29, 0.717) is 25.3 Å². The summed E-state index contributed by atoms with van der Waals surface area (Å²) in [6, 6.07) is 1.09. The van der Waals surface area contributed by atoms with Crippen molar-refractivity contribution in [2.45, 2.75) is 39.7 Å². The maximum Gasteiger partial charge on any atom is 0.435 e. The highest BCUT2D eigenvalue weighted by molar-refractivity contribution is 5.16. The van der Waals surface area contributed by atoms with Gasteiger partial charge in [0.05, 0.1) is 11.4 Å². The summed E-state index contributed by atoms with van der Waals surface area (Å²) in [4.78, 5) is 0. The minimum atomic E-state index is -4.41. The first kappa shape index (κ1) is 15.6. The SMILES string of the molecule is CCn1nc(C(F)(F)F)cc1CNCc1cn(C)nc1C. The van der Waals surface area contributed by atoms with E-state index >= 15 is 0 Å². The molecular weight excluding hydrogens is 283 g/mol. The van der Waals surface area contributed by atoms with Gasteiger partial charge in [0.1, 0.15) is 0 Å². The van der Waals surface area contributed by atoms with E-state index in [1.165, 1.54) is 4.68 Å². The van der Waals surface area contributed by atoms with Crippen LogP contribution in [0.15, 0.2) is 12.3 Å². The largest absolute Gasteiger partial charge is 0.435 e. The summed E-state index contributed by atoms with van der Waals surface area (Å²) in [7, 11) is 1.83. The van der Waals surface area contributed by atoms with E-state index in [-0.39, 0.29) is 0 Å². The fourth-order valence-electron chi connectivity index (χ4n) is 2.16. The maximum atomic E-state index is 12.7. The summed E-state index contributed by atoms with van der Waals surface area (Å²) in [5.41, 5.74) is 1.60. The molecule has 0 radical (unpaired) electrons. The van der Waals surface area contributed by atoms with Crippen LogP contribution in [0.1, 0.15) is 29.6 Å². The first-order valence-electron chi connectivity index (χ1n) is 6.65. The van der Waals surface area contributed by atoms with Crippen LogP contribution in [-0.2, 0) is 32.9 Å². The maximum absolute atomic E-state index is 12.7. The van der Waals surface area contributed by atoms with Crippen LogP contribution in [0.2, 0.25) is 0 Å². The van der Waals surface area contributed by atoms with Crippen molar-refractivity contribution < 1.29 is 13.2 Å². The van der Waals surface area contributed by atoms with Crippen molar-refractivity contribution in [2.75, 3.05) is 0 Å². The van der Waals surface area contributed by atoms with Crippen LogP contribution in [0, 0.1) is 6.92 Å². The second-order valence-corrected chi connectivity index (χ2v) is 4.85. The zero-order valence-electron chi connectivity index (χ0n) is 12.2. The van der Waals surface area contributed by atoms with Crippen LogP contribution in [0.4, 0.5) is 13.2 Å². The van der Waals surface area contributed by atoms with Crippen LogP contribution >= 0.6 is 0 Å². The number of aromatic nitrogens is 4. The number of halogens is 3. The Hall–Kier alpha value is -1.83. The smallest absolute Gasteiger partial charge is 0.307 e. The van der Waals surface area contributed by atoms with Crippen molar-refractivity contribution in [3.8, 4) is 0 Å². The number of hydrogen-bond donors (Lipinski definition) is 1. The first-order valence-corrected chi connectivity index (χ1v) is 6.65. The lowest BCUT2D eigenvalue weighted by Gasteiger charge is -2.06. The van der Waals surface area contributed by atoms with E-state index in [2.05, 4.69) is 15.5 Å². The minimum Gasteiger partial charge on any atom is -0.307 e. The molecule has 0 amide bonds. The summed E-state index contributed by atoms with van der Waals surface area (Å²) in [6.07, 6.45) is -2.52. The molecule has 0 aliphatic heterocycles. The Kier molecular flexibility index (Phi) is 4.36. The predicted octanol–water partition coefficient (Wildman–Crippen LogP) is 2.25. The molecule has 116 valence electrons. The highest BCUT2D eigenvalue weighted by Crippen LogP contribution is 2.28. The summed E-state index contributed by atoms with van der Waals surface area (Å²) in [6.45, 7) is 4.94.